The molecule has 8 heteroatoms. The third-order valence-corrected chi connectivity index (χ3v) is 7.26. The maximum absolute atomic E-state index is 13.2. The highest BCUT2D eigenvalue weighted by Crippen LogP contribution is 2.19. The predicted octanol–water partition coefficient (Wildman–Crippen LogP) is 3.38. The van der Waals surface area contributed by atoms with E-state index in [1.165, 1.54) is 12.0 Å². The van der Waals surface area contributed by atoms with E-state index < -0.39 is 0 Å². The van der Waals surface area contributed by atoms with Gasteiger partial charge in [0, 0.05) is 56.7 Å². The number of likely N-dealkylation sites (tertiary alicyclic amines) is 1. The molecule has 3 aromatic rings. The van der Waals surface area contributed by atoms with Crippen LogP contribution >= 0.6 is 0 Å². The largest absolute Gasteiger partial charge is 0.487 e. The summed E-state index contributed by atoms with van der Waals surface area (Å²) in [5.41, 5.74) is 3.50. The number of pyridine rings is 1. The zero-order valence-electron chi connectivity index (χ0n) is 21.2. The van der Waals surface area contributed by atoms with E-state index in [-0.39, 0.29) is 11.8 Å². The van der Waals surface area contributed by atoms with E-state index in [4.69, 9.17) is 4.74 Å². The van der Waals surface area contributed by atoms with Crippen molar-refractivity contribution in [2.45, 2.75) is 45.8 Å². The van der Waals surface area contributed by atoms with Crippen LogP contribution in [0.4, 0.5) is 0 Å². The molecule has 0 aliphatic carbocycles. The molecule has 0 N–H and O–H groups in total. The fourth-order valence-corrected chi connectivity index (χ4v) is 5.14. The van der Waals surface area contributed by atoms with Crippen LogP contribution in [0.2, 0.25) is 0 Å². The number of carbonyl (C=O) groups is 2. The summed E-state index contributed by atoms with van der Waals surface area (Å²) in [5, 5.41) is 0. The number of aryl methyl sites for hydroxylation is 1. The van der Waals surface area contributed by atoms with Gasteiger partial charge in [0.1, 0.15) is 18.0 Å². The van der Waals surface area contributed by atoms with Crippen molar-refractivity contribution in [1.29, 1.82) is 0 Å². The Bertz CT molecular complexity index is 1230. The van der Waals surface area contributed by atoms with Crippen molar-refractivity contribution in [2.24, 2.45) is 0 Å². The minimum Gasteiger partial charge on any atom is -0.487 e. The molecular weight excluding hydrogens is 454 g/mol. The summed E-state index contributed by atoms with van der Waals surface area (Å²) in [7, 11) is 0. The fraction of sp³-hybridized carbons (Fsp3) is 0.464. The molecule has 0 bridgehead atoms. The molecule has 2 fully saturated rings. The molecule has 36 heavy (non-hydrogen) atoms. The number of benzene rings is 1. The minimum atomic E-state index is -0.000662. The lowest BCUT2D eigenvalue weighted by Crippen LogP contribution is -2.53. The lowest BCUT2D eigenvalue weighted by atomic mass is 10.0. The molecule has 0 spiro atoms. The molecule has 1 unspecified atom stereocenters. The van der Waals surface area contributed by atoms with Crippen LogP contribution in [0.25, 0.3) is 5.65 Å². The van der Waals surface area contributed by atoms with Crippen molar-refractivity contribution in [1.82, 2.24) is 24.1 Å². The molecule has 0 radical (unpaired) electrons. The smallest absolute Gasteiger partial charge is 0.254 e. The van der Waals surface area contributed by atoms with Gasteiger partial charge >= 0.3 is 0 Å². The minimum absolute atomic E-state index is 0.000662. The summed E-state index contributed by atoms with van der Waals surface area (Å²) in [6, 6.07) is 11.7. The van der Waals surface area contributed by atoms with E-state index in [2.05, 4.69) is 16.8 Å². The van der Waals surface area contributed by atoms with E-state index in [1.807, 2.05) is 63.8 Å². The first-order valence-corrected chi connectivity index (χ1v) is 12.9. The second-order valence-corrected chi connectivity index (χ2v) is 10.0. The maximum Gasteiger partial charge on any atom is 0.254 e. The van der Waals surface area contributed by atoms with Gasteiger partial charge in [-0.2, -0.15) is 0 Å². The van der Waals surface area contributed by atoms with Gasteiger partial charge in [-0.1, -0.05) is 12.1 Å². The summed E-state index contributed by atoms with van der Waals surface area (Å²) >= 11 is 0. The number of fused-ring (bicyclic) bond motifs is 1. The van der Waals surface area contributed by atoms with Crippen molar-refractivity contribution in [2.75, 3.05) is 39.3 Å². The zero-order chi connectivity index (χ0) is 25.1. The number of piperazine rings is 1. The van der Waals surface area contributed by atoms with Crippen LogP contribution in [0.5, 0.6) is 5.75 Å². The van der Waals surface area contributed by atoms with Gasteiger partial charge < -0.3 is 18.9 Å². The van der Waals surface area contributed by atoms with E-state index in [0.717, 1.165) is 30.7 Å². The Morgan fingerprint density at radius 1 is 1.03 bits per heavy atom. The van der Waals surface area contributed by atoms with Crippen molar-refractivity contribution < 1.29 is 14.3 Å². The standard InChI is InChI=1S/C28H35N5O3/c1-21-9-10-26-29-24(18-32(26)17-21)20-36-25-8-5-7-23(16-25)28(35)31-14-12-30(13-15-31)19-27(34)33-11-4-3-6-22(33)2/h5,7-10,16-18,22H,3-4,6,11-15,19-20H2,1-2H3. The molecule has 2 saturated heterocycles. The van der Waals surface area contributed by atoms with Crippen LogP contribution in [-0.4, -0.2) is 81.2 Å². The third-order valence-electron chi connectivity index (χ3n) is 7.26. The highest BCUT2D eigenvalue weighted by atomic mass is 16.5. The van der Waals surface area contributed by atoms with Crippen LogP contribution in [0.3, 0.4) is 0 Å². The Kier molecular flexibility index (Phi) is 7.23. The molecule has 5 rings (SSSR count). The summed E-state index contributed by atoms with van der Waals surface area (Å²) in [6.45, 7) is 8.50. The Morgan fingerprint density at radius 3 is 2.67 bits per heavy atom. The van der Waals surface area contributed by atoms with Gasteiger partial charge in [-0.25, -0.2) is 4.98 Å². The average Bonchev–Trinajstić information content (AvgIpc) is 3.30. The van der Waals surface area contributed by atoms with Crippen molar-refractivity contribution in [3.8, 4) is 5.75 Å². The summed E-state index contributed by atoms with van der Waals surface area (Å²) in [6.07, 6.45) is 7.40. The van der Waals surface area contributed by atoms with Gasteiger partial charge in [-0.15, -0.1) is 0 Å². The van der Waals surface area contributed by atoms with Crippen LogP contribution < -0.4 is 4.74 Å². The lowest BCUT2D eigenvalue weighted by molar-refractivity contribution is -0.136. The summed E-state index contributed by atoms with van der Waals surface area (Å²) < 4.78 is 7.95. The quantitative estimate of drug-likeness (QED) is 0.531. The zero-order valence-corrected chi connectivity index (χ0v) is 21.2. The Labute approximate surface area is 212 Å². The number of nitrogens with zero attached hydrogens (tertiary/aromatic N) is 5. The third kappa shape index (κ3) is 5.54. The van der Waals surface area contributed by atoms with Gasteiger partial charge in [0.05, 0.1) is 12.2 Å². The second-order valence-electron chi connectivity index (χ2n) is 10.0. The average molecular weight is 490 g/mol. The van der Waals surface area contributed by atoms with Gasteiger partial charge in [-0.3, -0.25) is 14.5 Å². The Balaban J connectivity index is 1.13. The number of ether oxygens (including phenoxy) is 1. The molecule has 2 aliphatic heterocycles. The van der Waals surface area contributed by atoms with E-state index in [1.54, 1.807) is 6.07 Å². The van der Waals surface area contributed by atoms with Crippen LogP contribution in [-0.2, 0) is 11.4 Å². The topological polar surface area (TPSA) is 70.4 Å². The van der Waals surface area contributed by atoms with Crippen molar-refractivity contribution in [3.05, 3.63) is 65.6 Å². The highest BCUT2D eigenvalue weighted by molar-refractivity contribution is 5.94. The van der Waals surface area contributed by atoms with Crippen LogP contribution in [0.1, 0.15) is 47.8 Å². The molecule has 2 aliphatic rings. The molecule has 4 heterocycles. The van der Waals surface area contributed by atoms with Crippen molar-refractivity contribution >= 4 is 17.5 Å². The monoisotopic (exact) mass is 489 g/mol. The van der Waals surface area contributed by atoms with Crippen LogP contribution in [0, 0.1) is 6.92 Å². The predicted molar refractivity (Wildman–Crippen MR) is 138 cm³/mol. The van der Waals surface area contributed by atoms with Gasteiger partial charge in [0.15, 0.2) is 0 Å². The second kappa shape index (κ2) is 10.7. The SMILES string of the molecule is Cc1ccc2nc(COc3cccc(C(=O)N4CCN(CC(=O)N5CCCCC5C)CC4)c3)cn2c1. The Hall–Kier alpha value is -3.39. The van der Waals surface area contributed by atoms with Crippen molar-refractivity contribution in [3.63, 3.8) is 0 Å². The first-order valence-electron chi connectivity index (χ1n) is 12.9. The highest BCUT2D eigenvalue weighted by Gasteiger charge is 2.27. The number of carbonyl (C=O) groups excluding carboxylic acids is 2. The summed E-state index contributed by atoms with van der Waals surface area (Å²) in [4.78, 5) is 36.6. The molecule has 1 atom stereocenters. The molecule has 2 amide bonds. The molecule has 0 saturated carbocycles. The number of amides is 2. The van der Waals surface area contributed by atoms with E-state index in [0.29, 0.717) is 56.7 Å². The molecule has 2 aromatic heterocycles. The van der Waals surface area contributed by atoms with E-state index >= 15 is 0 Å². The number of aromatic nitrogens is 2. The van der Waals surface area contributed by atoms with Gasteiger partial charge in [-0.05, 0) is 62.9 Å². The molecular formula is C28H35N5O3. The number of imidazole rings is 1. The van der Waals surface area contributed by atoms with Gasteiger partial charge in [0.2, 0.25) is 5.91 Å². The van der Waals surface area contributed by atoms with E-state index in [9.17, 15) is 9.59 Å². The Morgan fingerprint density at radius 2 is 1.86 bits per heavy atom. The number of hydrogen-bond acceptors (Lipinski definition) is 5. The molecule has 190 valence electrons. The maximum atomic E-state index is 13.2. The van der Waals surface area contributed by atoms with Gasteiger partial charge in [0.25, 0.3) is 5.91 Å². The summed E-state index contributed by atoms with van der Waals surface area (Å²) in [5.74, 6) is 0.862. The number of piperidine rings is 1. The molecule has 1 aromatic carbocycles. The first-order chi connectivity index (χ1) is 17.5. The van der Waals surface area contributed by atoms with Crippen LogP contribution in [0.15, 0.2) is 48.8 Å². The molecule has 8 nitrogen and oxygen atoms in total. The normalized spacial score (nSPS) is 19.0. The number of rotatable bonds is 6. The first kappa shape index (κ1) is 24.3. The fourth-order valence-electron chi connectivity index (χ4n) is 5.14. The number of hydrogen-bond donors (Lipinski definition) is 0. The lowest BCUT2D eigenvalue weighted by Gasteiger charge is -2.38.